The fraction of sp³-hybridized carbons (Fsp3) is 0.286. The van der Waals surface area contributed by atoms with Gasteiger partial charge in [-0.3, -0.25) is 0 Å². The fourth-order valence-corrected chi connectivity index (χ4v) is 2.54. The maximum absolute atomic E-state index is 3.35. The van der Waals surface area contributed by atoms with E-state index in [0.29, 0.717) is 0 Å². The van der Waals surface area contributed by atoms with Crippen molar-refractivity contribution < 1.29 is 0 Å². The van der Waals surface area contributed by atoms with Crippen molar-refractivity contribution in [1.29, 1.82) is 0 Å². The van der Waals surface area contributed by atoms with Gasteiger partial charge in [0.2, 0.25) is 0 Å². The first-order valence-electron chi connectivity index (χ1n) is 10.6. The highest BCUT2D eigenvalue weighted by molar-refractivity contribution is 5.22. The lowest BCUT2D eigenvalue weighted by atomic mass is 10.1. The maximum atomic E-state index is 3.35. The molecule has 0 amide bonds. The van der Waals surface area contributed by atoms with E-state index in [2.05, 4.69) is 36.5 Å². The van der Waals surface area contributed by atoms with Crippen molar-refractivity contribution in [2.45, 2.75) is 51.4 Å². The Labute approximate surface area is 173 Å². The third-order valence-electron chi connectivity index (χ3n) is 4.07. The number of allylic oxidation sites excluding steroid dienone is 20. The molecule has 0 N–H and O–H groups in total. The van der Waals surface area contributed by atoms with Gasteiger partial charge in [-0.15, -0.1) is 0 Å². The molecule has 0 heterocycles. The quantitative estimate of drug-likeness (QED) is 0.400. The van der Waals surface area contributed by atoms with Crippen LogP contribution in [-0.4, -0.2) is 0 Å². The molecule has 0 aliphatic heterocycles. The second kappa shape index (κ2) is 20.7. The van der Waals surface area contributed by atoms with Crippen LogP contribution in [0.3, 0.4) is 0 Å². The van der Waals surface area contributed by atoms with E-state index in [1.54, 1.807) is 0 Å². The predicted molar refractivity (Wildman–Crippen MR) is 127 cm³/mol. The van der Waals surface area contributed by atoms with Gasteiger partial charge in [-0.2, -0.15) is 0 Å². The normalized spacial score (nSPS) is 29.7. The molecule has 1 aliphatic rings. The van der Waals surface area contributed by atoms with Crippen molar-refractivity contribution >= 4 is 0 Å². The van der Waals surface area contributed by atoms with E-state index in [9.17, 15) is 0 Å². The average Bonchev–Trinajstić information content (AvgIpc) is 2.71. The zero-order valence-electron chi connectivity index (χ0n) is 17.1. The predicted octanol–water partition coefficient (Wildman–Crippen LogP) is 8.49. The third-order valence-corrected chi connectivity index (χ3v) is 4.07. The molecule has 0 nitrogen and oxygen atoms in total. The summed E-state index contributed by atoms with van der Waals surface area (Å²) in [7, 11) is 0. The molecule has 0 aromatic heterocycles. The summed E-state index contributed by atoms with van der Waals surface area (Å²) in [6, 6.07) is 0. The van der Waals surface area contributed by atoms with Crippen molar-refractivity contribution in [3.05, 3.63) is 122 Å². The van der Waals surface area contributed by atoms with Crippen LogP contribution in [0.1, 0.15) is 51.4 Å². The zero-order chi connectivity index (χ0) is 19.8. The molecular formula is C28H35. The van der Waals surface area contributed by atoms with Crippen LogP contribution >= 0.6 is 0 Å². The summed E-state index contributed by atoms with van der Waals surface area (Å²) >= 11 is 0. The summed E-state index contributed by atoms with van der Waals surface area (Å²) in [4.78, 5) is 0. The molecule has 0 heteroatoms. The van der Waals surface area contributed by atoms with Crippen molar-refractivity contribution in [3.63, 3.8) is 0 Å². The van der Waals surface area contributed by atoms with Gasteiger partial charge in [0, 0.05) is 0 Å². The van der Waals surface area contributed by atoms with Gasteiger partial charge in [0.15, 0.2) is 0 Å². The molecule has 0 spiro atoms. The van der Waals surface area contributed by atoms with Crippen LogP contribution in [0.2, 0.25) is 0 Å². The summed E-state index contributed by atoms with van der Waals surface area (Å²) in [5.74, 6) is 0. The molecule has 0 fully saturated rings. The van der Waals surface area contributed by atoms with E-state index in [4.69, 9.17) is 0 Å². The van der Waals surface area contributed by atoms with Crippen LogP contribution in [0, 0.1) is 6.08 Å². The Hall–Kier alpha value is -2.60. The second-order valence-electron chi connectivity index (χ2n) is 6.54. The fourth-order valence-electron chi connectivity index (χ4n) is 2.54. The van der Waals surface area contributed by atoms with Crippen molar-refractivity contribution in [2.24, 2.45) is 0 Å². The van der Waals surface area contributed by atoms with Gasteiger partial charge < -0.3 is 0 Å². The first-order chi connectivity index (χ1) is 14.0. The first-order valence-corrected chi connectivity index (χ1v) is 10.6. The Morgan fingerprint density at radius 1 is 0.357 bits per heavy atom. The van der Waals surface area contributed by atoms with Crippen molar-refractivity contribution in [1.82, 2.24) is 0 Å². The maximum Gasteiger partial charge on any atom is -0.0276 e. The molecule has 1 rings (SSSR count). The summed E-state index contributed by atoms with van der Waals surface area (Å²) in [6.07, 6.45) is 52.5. The molecule has 0 unspecified atom stereocenters. The largest absolute Gasteiger partial charge is 0.0845 e. The van der Waals surface area contributed by atoms with E-state index in [-0.39, 0.29) is 0 Å². The molecule has 147 valence electrons. The smallest absolute Gasteiger partial charge is 0.0276 e. The minimum absolute atomic E-state index is 1.06. The van der Waals surface area contributed by atoms with E-state index < -0.39 is 0 Å². The summed E-state index contributed by atoms with van der Waals surface area (Å²) in [5, 5.41) is 0. The van der Waals surface area contributed by atoms with Crippen molar-refractivity contribution in [2.75, 3.05) is 0 Å². The van der Waals surface area contributed by atoms with Gasteiger partial charge in [-0.05, 0) is 31.8 Å². The van der Waals surface area contributed by atoms with Crippen molar-refractivity contribution in [3.8, 4) is 0 Å². The minimum Gasteiger partial charge on any atom is -0.0845 e. The van der Waals surface area contributed by atoms with Gasteiger partial charge in [-0.25, -0.2) is 0 Å². The number of hydrogen-bond donors (Lipinski definition) is 0. The lowest BCUT2D eigenvalue weighted by Gasteiger charge is -1.98. The Balaban J connectivity index is 2.45. The second-order valence-corrected chi connectivity index (χ2v) is 6.54. The standard InChI is InChI=1S/C28H35/c1-2-4-6-8-10-12-14-16-18-20-22-24-26-28-27-25-23-21-19-17-15-13-11-9-7-5-3-1/h1-19H,20,22-28H2/b2-1+,5-3+,6-4+,9-7-,10-8-,13-11-,14-12+,17-15-,18-16+,21-19?. The SMILES string of the molecule is [C]1=C/C=C\C=C/C=C\C=C\C=C\C=C\C=C/C=C/C=C/CCCCCCCC/1. The molecular weight excluding hydrogens is 336 g/mol. The Morgan fingerprint density at radius 2 is 0.750 bits per heavy atom. The van der Waals surface area contributed by atoms with Crippen LogP contribution in [0.15, 0.2) is 115 Å². The summed E-state index contributed by atoms with van der Waals surface area (Å²) in [6.45, 7) is 0. The lowest BCUT2D eigenvalue weighted by Crippen LogP contribution is -1.79. The van der Waals surface area contributed by atoms with E-state index in [1.165, 1.54) is 44.9 Å². The minimum atomic E-state index is 1.06. The summed E-state index contributed by atoms with van der Waals surface area (Å²) < 4.78 is 0. The molecule has 1 aliphatic carbocycles. The molecule has 0 bridgehead atoms. The third kappa shape index (κ3) is 18.2. The van der Waals surface area contributed by atoms with Gasteiger partial charge in [0.25, 0.3) is 0 Å². The van der Waals surface area contributed by atoms with Crippen LogP contribution in [-0.2, 0) is 0 Å². The van der Waals surface area contributed by atoms with Crippen LogP contribution in [0.4, 0.5) is 0 Å². The molecule has 0 atom stereocenters. The van der Waals surface area contributed by atoms with E-state index >= 15 is 0 Å². The molecule has 0 saturated carbocycles. The molecule has 0 aromatic carbocycles. The lowest BCUT2D eigenvalue weighted by molar-refractivity contribution is 0.598. The zero-order valence-corrected chi connectivity index (χ0v) is 17.1. The van der Waals surface area contributed by atoms with Crippen LogP contribution in [0.5, 0.6) is 0 Å². The highest BCUT2D eigenvalue weighted by Crippen LogP contribution is 2.09. The molecule has 1 radical (unpaired) electrons. The highest BCUT2D eigenvalue weighted by Gasteiger charge is 1.89. The van der Waals surface area contributed by atoms with E-state index in [1.807, 2.05) is 85.1 Å². The van der Waals surface area contributed by atoms with Crippen LogP contribution < -0.4 is 0 Å². The Kier molecular flexibility index (Phi) is 17.3. The molecule has 0 saturated heterocycles. The average molecular weight is 372 g/mol. The monoisotopic (exact) mass is 371 g/mol. The van der Waals surface area contributed by atoms with E-state index in [0.717, 1.165) is 6.42 Å². The summed E-state index contributed by atoms with van der Waals surface area (Å²) in [5.41, 5.74) is 0. The first kappa shape index (κ1) is 23.4. The van der Waals surface area contributed by atoms with Gasteiger partial charge in [0.1, 0.15) is 0 Å². The number of rotatable bonds is 0. The molecule has 0 aromatic rings. The van der Waals surface area contributed by atoms with Gasteiger partial charge in [-0.1, -0.05) is 141 Å². The van der Waals surface area contributed by atoms with Gasteiger partial charge in [0.05, 0.1) is 0 Å². The Morgan fingerprint density at radius 3 is 1.29 bits per heavy atom. The highest BCUT2D eigenvalue weighted by atomic mass is 14.0. The topological polar surface area (TPSA) is 0 Å². The van der Waals surface area contributed by atoms with Gasteiger partial charge >= 0.3 is 0 Å². The number of hydrogen-bond acceptors (Lipinski definition) is 0. The van der Waals surface area contributed by atoms with Crippen LogP contribution in [0.25, 0.3) is 0 Å². The Bertz CT molecular complexity index is 582. The molecule has 28 heavy (non-hydrogen) atoms.